The third-order valence-corrected chi connectivity index (χ3v) is 3.32. The van der Waals surface area contributed by atoms with E-state index in [1.807, 2.05) is 13.8 Å². The van der Waals surface area contributed by atoms with Gasteiger partial charge in [-0.05, 0) is 27.7 Å². The van der Waals surface area contributed by atoms with E-state index in [9.17, 15) is 8.42 Å². The highest BCUT2D eigenvalue weighted by molar-refractivity contribution is 7.90. The summed E-state index contributed by atoms with van der Waals surface area (Å²) in [7, 11) is -3.13. The van der Waals surface area contributed by atoms with E-state index in [4.69, 9.17) is 4.74 Å². The Balaban J connectivity index is 3.66. The topological polar surface area (TPSA) is 55.4 Å². The van der Waals surface area contributed by atoms with Crippen molar-refractivity contribution in [3.05, 3.63) is 0 Å². The summed E-state index contributed by atoms with van der Waals surface area (Å²) >= 11 is 0. The van der Waals surface area contributed by atoms with Gasteiger partial charge in [-0.1, -0.05) is 0 Å². The van der Waals surface area contributed by atoms with E-state index in [1.165, 1.54) is 0 Å². The minimum atomic E-state index is -3.13. The molecule has 0 saturated carbocycles. The van der Waals surface area contributed by atoms with Crippen molar-refractivity contribution in [1.29, 1.82) is 0 Å². The molecule has 4 nitrogen and oxygen atoms in total. The van der Waals surface area contributed by atoms with Gasteiger partial charge in [0.15, 0.2) is 0 Å². The molecule has 0 heterocycles. The highest BCUT2D eigenvalue weighted by Gasteiger charge is 2.14. The van der Waals surface area contributed by atoms with Gasteiger partial charge < -0.3 is 4.74 Å². The Kier molecular flexibility index (Phi) is 5.51. The maximum Gasteiger partial charge on any atom is 0.214 e. The van der Waals surface area contributed by atoms with E-state index in [1.54, 1.807) is 13.8 Å². The first kappa shape index (κ1) is 12.9. The highest BCUT2D eigenvalue weighted by Crippen LogP contribution is 1.95. The van der Waals surface area contributed by atoms with Crippen molar-refractivity contribution in [3.63, 3.8) is 0 Å². The van der Waals surface area contributed by atoms with Crippen molar-refractivity contribution in [2.24, 2.45) is 0 Å². The SMILES string of the molecule is CC(C)OCCNS(=O)(=O)C(C)C. The van der Waals surface area contributed by atoms with Gasteiger partial charge in [-0.3, -0.25) is 0 Å². The molecule has 0 aromatic rings. The third-order valence-electron chi connectivity index (χ3n) is 1.48. The first-order valence-electron chi connectivity index (χ1n) is 4.46. The number of hydrogen-bond acceptors (Lipinski definition) is 3. The van der Waals surface area contributed by atoms with Crippen molar-refractivity contribution in [2.45, 2.75) is 39.0 Å². The molecule has 0 aliphatic carbocycles. The molecular weight excluding hydrogens is 190 g/mol. The molecule has 0 aliphatic rings. The predicted octanol–water partition coefficient (Wildman–Crippen LogP) is 0.739. The van der Waals surface area contributed by atoms with Gasteiger partial charge in [0.05, 0.1) is 18.0 Å². The Labute approximate surface area is 80.7 Å². The molecule has 0 spiro atoms. The van der Waals surface area contributed by atoms with Gasteiger partial charge in [-0.25, -0.2) is 13.1 Å². The second kappa shape index (κ2) is 5.57. The largest absolute Gasteiger partial charge is 0.377 e. The van der Waals surface area contributed by atoms with Crippen LogP contribution in [0.5, 0.6) is 0 Å². The zero-order valence-electron chi connectivity index (χ0n) is 8.70. The van der Waals surface area contributed by atoms with Gasteiger partial charge in [0.2, 0.25) is 10.0 Å². The predicted molar refractivity (Wildman–Crippen MR) is 53.1 cm³/mol. The lowest BCUT2D eigenvalue weighted by atomic mass is 10.5. The molecule has 5 heteroatoms. The summed E-state index contributed by atoms with van der Waals surface area (Å²) in [4.78, 5) is 0. The van der Waals surface area contributed by atoms with Crippen LogP contribution >= 0.6 is 0 Å². The van der Waals surface area contributed by atoms with Gasteiger partial charge in [-0.2, -0.15) is 0 Å². The molecule has 0 radical (unpaired) electrons. The second-order valence-corrected chi connectivity index (χ2v) is 5.73. The average Bonchev–Trinajstić information content (AvgIpc) is 1.97. The zero-order chi connectivity index (χ0) is 10.5. The minimum Gasteiger partial charge on any atom is -0.377 e. The number of rotatable bonds is 6. The summed E-state index contributed by atoms with van der Waals surface area (Å²) in [6.07, 6.45) is 0.142. The molecule has 0 aliphatic heterocycles. The summed E-state index contributed by atoms with van der Waals surface area (Å²) < 4.78 is 30.1. The van der Waals surface area contributed by atoms with Crippen LogP contribution in [0.2, 0.25) is 0 Å². The fourth-order valence-corrected chi connectivity index (χ4v) is 1.35. The fraction of sp³-hybridized carbons (Fsp3) is 1.00. The summed E-state index contributed by atoms with van der Waals surface area (Å²) in [6.45, 7) is 7.88. The lowest BCUT2D eigenvalue weighted by Gasteiger charge is -2.10. The van der Waals surface area contributed by atoms with Gasteiger partial charge in [0.1, 0.15) is 0 Å². The summed E-state index contributed by atoms with van der Waals surface area (Å²) in [5.41, 5.74) is 0. The lowest BCUT2D eigenvalue weighted by molar-refractivity contribution is 0.0833. The smallest absolute Gasteiger partial charge is 0.214 e. The Hall–Kier alpha value is -0.130. The van der Waals surface area contributed by atoms with Gasteiger partial charge in [0.25, 0.3) is 0 Å². The first-order valence-corrected chi connectivity index (χ1v) is 6.01. The van der Waals surface area contributed by atoms with E-state index in [0.717, 1.165) is 0 Å². The summed E-state index contributed by atoms with van der Waals surface area (Å²) in [5, 5.41) is -0.383. The Morgan fingerprint density at radius 3 is 2.15 bits per heavy atom. The maximum atomic E-state index is 11.2. The van der Waals surface area contributed by atoms with Gasteiger partial charge in [-0.15, -0.1) is 0 Å². The molecule has 0 atom stereocenters. The molecule has 0 unspecified atom stereocenters. The Bertz CT molecular complexity index is 222. The average molecular weight is 209 g/mol. The molecule has 0 bridgehead atoms. The number of nitrogens with one attached hydrogen (secondary N) is 1. The van der Waals surface area contributed by atoms with Crippen LogP contribution in [0.25, 0.3) is 0 Å². The Morgan fingerprint density at radius 2 is 1.77 bits per heavy atom. The first-order chi connectivity index (χ1) is 5.86. The van der Waals surface area contributed by atoms with E-state index >= 15 is 0 Å². The van der Waals surface area contributed by atoms with Crippen LogP contribution in [-0.4, -0.2) is 32.9 Å². The molecule has 1 N–H and O–H groups in total. The maximum absolute atomic E-state index is 11.2. The van der Waals surface area contributed by atoms with Crippen LogP contribution in [0.4, 0.5) is 0 Å². The van der Waals surface area contributed by atoms with Crippen LogP contribution in [0.3, 0.4) is 0 Å². The normalized spacial score (nSPS) is 12.8. The quantitative estimate of drug-likeness (QED) is 0.656. The van der Waals surface area contributed by atoms with Crippen molar-refractivity contribution in [1.82, 2.24) is 4.72 Å². The van der Waals surface area contributed by atoms with E-state index in [0.29, 0.717) is 13.2 Å². The van der Waals surface area contributed by atoms with Crippen LogP contribution in [-0.2, 0) is 14.8 Å². The minimum absolute atomic E-state index is 0.142. The summed E-state index contributed by atoms with van der Waals surface area (Å²) in [5.74, 6) is 0. The lowest BCUT2D eigenvalue weighted by Crippen LogP contribution is -2.33. The summed E-state index contributed by atoms with van der Waals surface area (Å²) in [6, 6.07) is 0. The number of ether oxygens (including phenoxy) is 1. The van der Waals surface area contributed by atoms with E-state index < -0.39 is 10.0 Å². The molecule has 0 amide bonds. The van der Waals surface area contributed by atoms with E-state index in [-0.39, 0.29) is 11.4 Å². The third kappa shape index (κ3) is 6.01. The molecule has 0 rings (SSSR count). The molecule has 0 saturated heterocycles. The molecule has 13 heavy (non-hydrogen) atoms. The van der Waals surface area contributed by atoms with Crippen molar-refractivity contribution in [3.8, 4) is 0 Å². The van der Waals surface area contributed by atoms with Crippen molar-refractivity contribution >= 4 is 10.0 Å². The fourth-order valence-electron chi connectivity index (χ4n) is 0.645. The monoisotopic (exact) mass is 209 g/mol. The van der Waals surface area contributed by atoms with E-state index in [2.05, 4.69) is 4.72 Å². The molecular formula is C8H19NO3S. The van der Waals surface area contributed by atoms with Crippen molar-refractivity contribution < 1.29 is 13.2 Å². The van der Waals surface area contributed by atoms with Crippen LogP contribution in [0, 0.1) is 0 Å². The number of sulfonamides is 1. The standard InChI is InChI=1S/C8H19NO3S/c1-7(2)12-6-5-9-13(10,11)8(3)4/h7-9H,5-6H2,1-4H3. The zero-order valence-corrected chi connectivity index (χ0v) is 9.52. The number of hydrogen-bond donors (Lipinski definition) is 1. The molecule has 0 aromatic carbocycles. The van der Waals surface area contributed by atoms with Crippen molar-refractivity contribution in [2.75, 3.05) is 13.2 Å². The Morgan fingerprint density at radius 1 is 1.23 bits per heavy atom. The molecule has 0 fully saturated rings. The van der Waals surface area contributed by atoms with Gasteiger partial charge in [0, 0.05) is 6.54 Å². The molecule has 80 valence electrons. The molecule has 0 aromatic heterocycles. The van der Waals surface area contributed by atoms with Crippen LogP contribution in [0.15, 0.2) is 0 Å². The van der Waals surface area contributed by atoms with Crippen LogP contribution < -0.4 is 4.72 Å². The van der Waals surface area contributed by atoms with Crippen LogP contribution in [0.1, 0.15) is 27.7 Å². The highest BCUT2D eigenvalue weighted by atomic mass is 32.2. The van der Waals surface area contributed by atoms with Gasteiger partial charge >= 0.3 is 0 Å². The second-order valence-electron chi connectivity index (χ2n) is 3.41.